The van der Waals surface area contributed by atoms with Crippen LogP contribution < -0.4 is 15.2 Å². The smallest absolute Gasteiger partial charge is 0.145 e. The molecule has 2 aromatic rings. The molecule has 0 aliphatic heterocycles. The summed E-state index contributed by atoms with van der Waals surface area (Å²) in [5, 5.41) is 8.97. The Balaban J connectivity index is 2.35. The molecule has 0 bridgehead atoms. The van der Waals surface area contributed by atoms with Crippen molar-refractivity contribution in [1.29, 1.82) is 5.26 Å². The van der Waals surface area contributed by atoms with Gasteiger partial charge in [-0.1, -0.05) is 0 Å². The number of nitrogen functional groups attached to an aromatic ring is 1. The number of nitriles is 1. The lowest BCUT2D eigenvalue weighted by molar-refractivity contribution is 0.340. The highest BCUT2D eigenvalue weighted by atomic mass is 16.5. The third-order valence-corrected chi connectivity index (χ3v) is 3.09. The maximum atomic E-state index is 8.97. The van der Waals surface area contributed by atoms with E-state index in [0.717, 1.165) is 16.9 Å². The normalized spacial score (nSPS) is 10.0. The monoisotopic (exact) mass is 282 g/mol. The summed E-state index contributed by atoms with van der Waals surface area (Å²) in [6.45, 7) is 6.29. The van der Waals surface area contributed by atoms with Gasteiger partial charge in [-0.2, -0.15) is 5.26 Å². The zero-order valence-electron chi connectivity index (χ0n) is 12.4. The van der Waals surface area contributed by atoms with Crippen LogP contribution in [0.15, 0.2) is 30.3 Å². The molecule has 0 aliphatic rings. The molecule has 0 aromatic heterocycles. The van der Waals surface area contributed by atoms with Gasteiger partial charge in [0.2, 0.25) is 0 Å². The van der Waals surface area contributed by atoms with Crippen molar-refractivity contribution >= 4 is 5.69 Å². The highest BCUT2D eigenvalue weighted by Gasteiger charge is 2.09. The number of hydrogen-bond donors (Lipinski definition) is 1. The van der Waals surface area contributed by atoms with Crippen molar-refractivity contribution in [2.45, 2.75) is 20.8 Å². The fourth-order valence-corrected chi connectivity index (χ4v) is 2.15. The van der Waals surface area contributed by atoms with Crippen molar-refractivity contribution in [3.8, 4) is 23.3 Å². The van der Waals surface area contributed by atoms with Crippen LogP contribution in [0.4, 0.5) is 5.69 Å². The van der Waals surface area contributed by atoms with Gasteiger partial charge in [0.15, 0.2) is 0 Å². The van der Waals surface area contributed by atoms with Crippen molar-refractivity contribution in [2.24, 2.45) is 0 Å². The van der Waals surface area contributed by atoms with Gasteiger partial charge in [0, 0.05) is 6.07 Å². The van der Waals surface area contributed by atoms with Crippen LogP contribution in [0, 0.1) is 25.2 Å². The van der Waals surface area contributed by atoms with Crippen LogP contribution in [0.5, 0.6) is 17.2 Å². The minimum atomic E-state index is 0.544. The average Bonchev–Trinajstić information content (AvgIpc) is 2.46. The number of benzene rings is 2. The van der Waals surface area contributed by atoms with Gasteiger partial charge in [-0.25, -0.2) is 0 Å². The summed E-state index contributed by atoms with van der Waals surface area (Å²) in [7, 11) is 0. The summed E-state index contributed by atoms with van der Waals surface area (Å²) in [5.41, 5.74) is 8.90. The van der Waals surface area contributed by atoms with Gasteiger partial charge in [0.25, 0.3) is 0 Å². The first-order valence-corrected chi connectivity index (χ1v) is 6.76. The highest BCUT2D eigenvalue weighted by Crippen LogP contribution is 2.33. The molecule has 2 aromatic carbocycles. The summed E-state index contributed by atoms with van der Waals surface area (Å²) in [6, 6.07) is 11.1. The van der Waals surface area contributed by atoms with Crippen LogP contribution >= 0.6 is 0 Å². The minimum Gasteiger partial charge on any atom is -0.492 e. The number of hydrogen-bond acceptors (Lipinski definition) is 4. The molecule has 21 heavy (non-hydrogen) atoms. The molecule has 0 radical (unpaired) electrons. The lowest BCUT2D eigenvalue weighted by Crippen LogP contribution is -1.98. The number of nitrogens with two attached hydrogens (primary N) is 1. The van der Waals surface area contributed by atoms with E-state index in [1.807, 2.05) is 32.9 Å². The maximum absolute atomic E-state index is 8.97. The largest absolute Gasteiger partial charge is 0.492 e. The summed E-state index contributed by atoms with van der Waals surface area (Å²) < 4.78 is 11.4. The Morgan fingerprint density at radius 3 is 2.38 bits per heavy atom. The Morgan fingerprint density at radius 1 is 1.14 bits per heavy atom. The lowest BCUT2D eigenvalue weighted by atomic mass is 10.1. The average molecular weight is 282 g/mol. The molecule has 2 N–H and O–H groups in total. The zero-order chi connectivity index (χ0) is 15.4. The Hall–Kier alpha value is -2.67. The summed E-state index contributed by atoms with van der Waals surface area (Å²) in [6.07, 6.45) is 0. The number of anilines is 1. The second kappa shape index (κ2) is 6.19. The van der Waals surface area contributed by atoms with Crippen LogP contribution in [0.1, 0.15) is 23.6 Å². The molecule has 2 rings (SSSR count). The van der Waals surface area contributed by atoms with Gasteiger partial charge in [0.1, 0.15) is 17.2 Å². The summed E-state index contributed by atoms with van der Waals surface area (Å²) >= 11 is 0. The summed E-state index contributed by atoms with van der Waals surface area (Å²) in [5.74, 6) is 2.02. The van der Waals surface area contributed by atoms with Gasteiger partial charge in [0.05, 0.1) is 23.9 Å². The van der Waals surface area contributed by atoms with Gasteiger partial charge in [-0.05, 0) is 56.2 Å². The first-order chi connectivity index (χ1) is 10.0. The SMILES string of the molecule is CCOc1cc(Oc2c(C)cc(C#N)cc2C)ccc1N. The van der Waals surface area contributed by atoms with E-state index in [1.54, 1.807) is 18.2 Å². The number of ether oxygens (including phenoxy) is 2. The molecule has 0 saturated carbocycles. The molecule has 4 heteroatoms. The van der Waals surface area contributed by atoms with Gasteiger partial charge < -0.3 is 15.2 Å². The fraction of sp³-hybridized carbons (Fsp3) is 0.235. The standard InChI is InChI=1S/C17H18N2O2/c1-4-20-16-9-14(5-6-15(16)19)21-17-11(2)7-13(10-18)8-12(17)3/h5-9H,4,19H2,1-3H3. The molecular weight excluding hydrogens is 264 g/mol. The van der Waals surface area contributed by atoms with Crippen molar-refractivity contribution in [3.63, 3.8) is 0 Å². The molecule has 0 unspecified atom stereocenters. The van der Waals surface area contributed by atoms with Crippen LogP contribution in [0.25, 0.3) is 0 Å². The van der Waals surface area contributed by atoms with Gasteiger partial charge in [-0.15, -0.1) is 0 Å². The molecule has 0 amide bonds. The molecule has 0 aliphatic carbocycles. The molecule has 0 atom stereocenters. The molecule has 4 nitrogen and oxygen atoms in total. The van der Waals surface area contributed by atoms with Crippen LogP contribution in [0.3, 0.4) is 0 Å². The van der Waals surface area contributed by atoms with E-state index in [0.29, 0.717) is 29.4 Å². The Kier molecular flexibility index (Phi) is 4.34. The van der Waals surface area contributed by atoms with E-state index >= 15 is 0 Å². The Bertz CT molecular complexity index is 679. The maximum Gasteiger partial charge on any atom is 0.145 e. The quantitative estimate of drug-likeness (QED) is 0.862. The topological polar surface area (TPSA) is 68.3 Å². The van der Waals surface area contributed by atoms with Gasteiger partial charge in [-0.3, -0.25) is 0 Å². The van der Waals surface area contributed by atoms with Crippen LogP contribution in [-0.2, 0) is 0 Å². The van der Waals surface area contributed by atoms with E-state index in [-0.39, 0.29) is 0 Å². The zero-order valence-corrected chi connectivity index (χ0v) is 12.4. The van der Waals surface area contributed by atoms with Crippen molar-refractivity contribution in [1.82, 2.24) is 0 Å². The van der Waals surface area contributed by atoms with E-state index in [2.05, 4.69) is 6.07 Å². The molecule has 108 valence electrons. The van der Waals surface area contributed by atoms with E-state index in [1.165, 1.54) is 0 Å². The minimum absolute atomic E-state index is 0.544. The van der Waals surface area contributed by atoms with Crippen molar-refractivity contribution in [3.05, 3.63) is 47.0 Å². The van der Waals surface area contributed by atoms with Crippen LogP contribution in [-0.4, -0.2) is 6.61 Å². The first-order valence-electron chi connectivity index (χ1n) is 6.76. The van der Waals surface area contributed by atoms with E-state index in [4.69, 9.17) is 20.5 Å². The second-order valence-electron chi connectivity index (χ2n) is 4.79. The second-order valence-corrected chi connectivity index (χ2v) is 4.79. The number of nitrogens with zero attached hydrogens (tertiary/aromatic N) is 1. The first kappa shape index (κ1) is 14.7. The number of aryl methyl sites for hydroxylation is 2. The molecular formula is C17H18N2O2. The van der Waals surface area contributed by atoms with E-state index in [9.17, 15) is 0 Å². The highest BCUT2D eigenvalue weighted by molar-refractivity contribution is 5.57. The Morgan fingerprint density at radius 2 is 1.81 bits per heavy atom. The predicted molar refractivity (Wildman–Crippen MR) is 82.7 cm³/mol. The number of rotatable bonds is 4. The molecule has 0 fully saturated rings. The molecule has 0 spiro atoms. The van der Waals surface area contributed by atoms with Crippen molar-refractivity contribution < 1.29 is 9.47 Å². The summed E-state index contributed by atoms with van der Waals surface area (Å²) in [4.78, 5) is 0. The lowest BCUT2D eigenvalue weighted by Gasteiger charge is -2.14. The molecule has 0 heterocycles. The van der Waals surface area contributed by atoms with Crippen LogP contribution in [0.2, 0.25) is 0 Å². The van der Waals surface area contributed by atoms with Crippen molar-refractivity contribution in [2.75, 3.05) is 12.3 Å². The van der Waals surface area contributed by atoms with Gasteiger partial charge >= 0.3 is 0 Å². The Labute approximate surface area is 124 Å². The predicted octanol–water partition coefficient (Wildman–Crippen LogP) is 3.95. The fourth-order valence-electron chi connectivity index (χ4n) is 2.15. The van der Waals surface area contributed by atoms with E-state index < -0.39 is 0 Å². The third-order valence-electron chi connectivity index (χ3n) is 3.09. The third kappa shape index (κ3) is 3.26. The molecule has 0 saturated heterocycles.